The van der Waals surface area contributed by atoms with Crippen molar-refractivity contribution in [1.29, 1.82) is 0 Å². The summed E-state index contributed by atoms with van der Waals surface area (Å²) in [7, 11) is 0. The average Bonchev–Trinajstić information content (AvgIpc) is 2.55. The zero-order chi connectivity index (χ0) is 16.4. The third-order valence-electron chi connectivity index (χ3n) is 4.40. The molecule has 0 fully saturated rings. The summed E-state index contributed by atoms with van der Waals surface area (Å²) in [5.74, 6) is 0.0962. The van der Waals surface area contributed by atoms with Gasteiger partial charge in [-0.25, -0.2) is 0 Å². The molecular formula is C19H20N2O2. The van der Waals surface area contributed by atoms with Crippen molar-refractivity contribution in [2.45, 2.75) is 32.7 Å². The number of fused-ring (bicyclic) bond motifs is 1. The number of nitrogens with zero attached hydrogens (tertiary/aromatic N) is 2. The molecule has 0 radical (unpaired) electrons. The van der Waals surface area contributed by atoms with Crippen molar-refractivity contribution >= 4 is 17.8 Å². The fourth-order valence-electron chi connectivity index (χ4n) is 3.24. The highest BCUT2D eigenvalue weighted by Gasteiger charge is 2.26. The Morgan fingerprint density at radius 3 is 2.57 bits per heavy atom. The molecule has 2 aromatic carbocycles. The molecule has 1 aliphatic rings. The van der Waals surface area contributed by atoms with Crippen LogP contribution in [-0.2, 0) is 11.2 Å². The molecule has 1 N–H and O–H groups in total. The number of rotatable bonds is 2. The smallest absolute Gasteiger partial charge is 0.224 e. The minimum Gasteiger partial charge on any atom is -0.411 e. The van der Waals surface area contributed by atoms with Gasteiger partial charge < -0.3 is 10.1 Å². The van der Waals surface area contributed by atoms with Gasteiger partial charge in [0, 0.05) is 18.7 Å². The number of amides is 1. The van der Waals surface area contributed by atoms with Crippen molar-refractivity contribution in [3.05, 3.63) is 53.6 Å². The Hall–Kier alpha value is -2.62. The lowest BCUT2D eigenvalue weighted by molar-refractivity contribution is -0.117. The van der Waals surface area contributed by atoms with Crippen molar-refractivity contribution in [3.8, 4) is 11.1 Å². The molecule has 1 atom stereocenters. The van der Waals surface area contributed by atoms with Crippen LogP contribution in [0.25, 0.3) is 11.1 Å². The Balaban J connectivity index is 1.96. The van der Waals surface area contributed by atoms with Crippen LogP contribution in [0.5, 0.6) is 0 Å². The standard InChI is InChI=1S/C19H20N2O2/c1-13-3-6-18-11-17(9-10-19(18)21(13)14(2)22)16-7-4-15(5-8-16)12-20-23/h4-5,7-13,23H,3,6H2,1-2H3/b20-12+/t13-/m0/s1. The Morgan fingerprint density at radius 1 is 1.22 bits per heavy atom. The van der Waals surface area contributed by atoms with E-state index in [9.17, 15) is 4.79 Å². The molecule has 0 aliphatic carbocycles. The third kappa shape index (κ3) is 2.97. The Bertz CT molecular complexity index is 750. The molecule has 4 heteroatoms. The number of benzene rings is 2. The second-order valence-corrected chi connectivity index (χ2v) is 5.99. The van der Waals surface area contributed by atoms with Gasteiger partial charge in [-0.3, -0.25) is 4.79 Å². The maximum Gasteiger partial charge on any atom is 0.224 e. The van der Waals surface area contributed by atoms with Crippen molar-refractivity contribution in [2.24, 2.45) is 5.16 Å². The van der Waals surface area contributed by atoms with E-state index in [0.717, 1.165) is 35.2 Å². The molecule has 118 valence electrons. The number of aryl methyl sites for hydroxylation is 1. The first-order valence-corrected chi connectivity index (χ1v) is 7.80. The molecule has 23 heavy (non-hydrogen) atoms. The topological polar surface area (TPSA) is 52.9 Å². The van der Waals surface area contributed by atoms with Crippen LogP contribution in [0.3, 0.4) is 0 Å². The number of anilines is 1. The molecule has 0 aromatic heterocycles. The van der Waals surface area contributed by atoms with Gasteiger partial charge in [-0.05, 0) is 54.2 Å². The first-order chi connectivity index (χ1) is 11.1. The van der Waals surface area contributed by atoms with Crippen LogP contribution in [-0.4, -0.2) is 23.4 Å². The highest BCUT2D eigenvalue weighted by atomic mass is 16.4. The first-order valence-electron chi connectivity index (χ1n) is 7.80. The number of hydrogen-bond donors (Lipinski definition) is 1. The van der Waals surface area contributed by atoms with E-state index in [1.165, 1.54) is 11.8 Å². The van der Waals surface area contributed by atoms with E-state index in [2.05, 4.69) is 24.2 Å². The molecule has 1 heterocycles. The summed E-state index contributed by atoms with van der Waals surface area (Å²) in [5.41, 5.74) is 5.34. The molecule has 0 saturated carbocycles. The van der Waals surface area contributed by atoms with Crippen LogP contribution < -0.4 is 4.90 Å². The van der Waals surface area contributed by atoms with E-state index in [1.807, 2.05) is 35.2 Å². The van der Waals surface area contributed by atoms with E-state index in [1.54, 1.807) is 6.92 Å². The van der Waals surface area contributed by atoms with Gasteiger partial charge in [0.1, 0.15) is 0 Å². The molecule has 4 nitrogen and oxygen atoms in total. The largest absolute Gasteiger partial charge is 0.411 e. The van der Waals surface area contributed by atoms with Gasteiger partial charge in [0.05, 0.1) is 6.21 Å². The predicted octanol–water partition coefficient (Wildman–Crippen LogP) is 3.85. The second kappa shape index (κ2) is 6.24. The fourth-order valence-corrected chi connectivity index (χ4v) is 3.24. The molecular weight excluding hydrogens is 288 g/mol. The third-order valence-corrected chi connectivity index (χ3v) is 4.40. The molecule has 1 amide bonds. The quantitative estimate of drug-likeness (QED) is 0.520. The maximum absolute atomic E-state index is 11.9. The van der Waals surface area contributed by atoms with Crippen molar-refractivity contribution in [3.63, 3.8) is 0 Å². The zero-order valence-electron chi connectivity index (χ0n) is 13.4. The Labute approximate surface area is 136 Å². The molecule has 1 aliphatic heterocycles. The summed E-state index contributed by atoms with van der Waals surface area (Å²) in [5, 5.41) is 11.6. The summed E-state index contributed by atoms with van der Waals surface area (Å²) in [6, 6.07) is 14.4. The lowest BCUT2D eigenvalue weighted by Gasteiger charge is -2.34. The zero-order valence-corrected chi connectivity index (χ0v) is 13.4. The van der Waals surface area contributed by atoms with E-state index in [0.29, 0.717) is 0 Å². The van der Waals surface area contributed by atoms with Crippen LogP contribution in [0, 0.1) is 0 Å². The molecule has 0 saturated heterocycles. The van der Waals surface area contributed by atoms with Gasteiger partial charge in [-0.15, -0.1) is 0 Å². The van der Waals surface area contributed by atoms with Crippen LogP contribution >= 0.6 is 0 Å². The summed E-state index contributed by atoms with van der Waals surface area (Å²) in [4.78, 5) is 13.8. The number of carbonyl (C=O) groups excluding carboxylic acids is 1. The summed E-state index contributed by atoms with van der Waals surface area (Å²) in [6.07, 6.45) is 3.38. The van der Waals surface area contributed by atoms with Gasteiger partial charge in [0.15, 0.2) is 0 Å². The second-order valence-electron chi connectivity index (χ2n) is 5.99. The van der Waals surface area contributed by atoms with E-state index >= 15 is 0 Å². The monoisotopic (exact) mass is 308 g/mol. The Morgan fingerprint density at radius 2 is 1.91 bits per heavy atom. The predicted molar refractivity (Wildman–Crippen MR) is 92.2 cm³/mol. The number of oxime groups is 1. The van der Waals surface area contributed by atoms with Crippen LogP contribution in [0.15, 0.2) is 47.6 Å². The van der Waals surface area contributed by atoms with Gasteiger partial charge in [0.25, 0.3) is 0 Å². The molecule has 0 bridgehead atoms. The van der Waals surface area contributed by atoms with Crippen molar-refractivity contribution in [1.82, 2.24) is 0 Å². The van der Waals surface area contributed by atoms with Crippen LogP contribution in [0.2, 0.25) is 0 Å². The fraction of sp³-hybridized carbons (Fsp3) is 0.263. The SMILES string of the molecule is CC(=O)N1c2ccc(-c3ccc(/C=N/O)cc3)cc2CC[C@@H]1C. The highest BCUT2D eigenvalue weighted by Crippen LogP contribution is 2.34. The van der Waals surface area contributed by atoms with Crippen LogP contribution in [0.1, 0.15) is 31.4 Å². The average molecular weight is 308 g/mol. The number of hydrogen-bond acceptors (Lipinski definition) is 3. The highest BCUT2D eigenvalue weighted by molar-refractivity contribution is 5.94. The molecule has 3 rings (SSSR count). The van der Waals surface area contributed by atoms with Crippen molar-refractivity contribution in [2.75, 3.05) is 4.90 Å². The van der Waals surface area contributed by atoms with E-state index in [4.69, 9.17) is 5.21 Å². The molecule has 2 aromatic rings. The maximum atomic E-state index is 11.9. The first kappa shape index (κ1) is 15.3. The minimum atomic E-state index is 0.0962. The van der Waals surface area contributed by atoms with Gasteiger partial charge >= 0.3 is 0 Å². The lowest BCUT2D eigenvalue weighted by atomic mass is 9.93. The van der Waals surface area contributed by atoms with Crippen LogP contribution in [0.4, 0.5) is 5.69 Å². The molecule has 0 unspecified atom stereocenters. The van der Waals surface area contributed by atoms with Crippen molar-refractivity contribution < 1.29 is 10.0 Å². The van der Waals surface area contributed by atoms with Gasteiger partial charge in [-0.1, -0.05) is 35.5 Å². The van der Waals surface area contributed by atoms with Gasteiger partial charge in [-0.2, -0.15) is 0 Å². The Kier molecular flexibility index (Phi) is 4.15. The van der Waals surface area contributed by atoms with Gasteiger partial charge in [0.2, 0.25) is 5.91 Å². The molecule has 0 spiro atoms. The summed E-state index contributed by atoms with van der Waals surface area (Å²) < 4.78 is 0. The minimum absolute atomic E-state index is 0.0962. The lowest BCUT2D eigenvalue weighted by Crippen LogP contribution is -2.40. The number of carbonyl (C=O) groups is 1. The summed E-state index contributed by atoms with van der Waals surface area (Å²) >= 11 is 0. The normalized spacial score (nSPS) is 17.3. The van der Waals surface area contributed by atoms with E-state index in [-0.39, 0.29) is 11.9 Å². The summed E-state index contributed by atoms with van der Waals surface area (Å²) in [6.45, 7) is 3.72. The van der Waals surface area contributed by atoms with E-state index < -0.39 is 0 Å².